The van der Waals surface area contributed by atoms with Crippen molar-refractivity contribution in [1.29, 1.82) is 0 Å². The van der Waals surface area contributed by atoms with Crippen LogP contribution in [0.15, 0.2) is 53.9 Å². The van der Waals surface area contributed by atoms with Crippen molar-refractivity contribution in [3.63, 3.8) is 0 Å². The molecule has 0 spiro atoms. The summed E-state index contributed by atoms with van der Waals surface area (Å²) in [5.41, 5.74) is 4.59. The molecule has 8 nitrogen and oxygen atoms in total. The summed E-state index contributed by atoms with van der Waals surface area (Å²) in [7, 11) is 0. The lowest BCUT2D eigenvalue weighted by atomic mass is 9.98. The van der Waals surface area contributed by atoms with Gasteiger partial charge in [0.1, 0.15) is 23.4 Å². The van der Waals surface area contributed by atoms with Gasteiger partial charge in [-0.05, 0) is 22.3 Å². The van der Waals surface area contributed by atoms with Gasteiger partial charge in [0.15, 0.2) is 0 Å². The number of hydrogen-bond acceptors (Lipinski definition) is 6. The number of aliphatic carboxylic acids is 1. The van der Waals surface area contributed by atoms with Gasteiger partial charge in [-0.2, -0.15) is 0 Å². The maximum atomic E-state index is 12.3. The Balaban J connectivity index is 1.31. The minimum Gasteiger partial charge on any atom is -0.480 e. The third kappa shape index (κ3) is 4.92. The van der Waals surface area contributed by atoms with Crippen molar-refractivity contribution >= 4 is 29.3 Å². The smallest absolute Gasteiger partial charge is 0.407 e. The zero-order valence-corrected chi connectivity index (χ0v) is 18.8. The molecule has 0 bridgehead atoms. The number of benzene rings is 2. The summed E-state index contributed by atoms with van der Waals surface area (Å²) in [5, 5.41) is 16.0. The van der Waals surface area contributed by atoms with Crippen LogP contribution in [0.5, 0.6) is 0 Å². The number of aromatic nitrogens is 1. The van der Waals surface area contributed by atoms with Crippen LogP contribution >= 0.6 is 11.3 Å². The number of ether oxygens (including phenoxy) is 1. The molecule has 1 atom stereocenters. The van der Waals surface area contributed by atoms with E-state index in [1.54, 1.807) is 0 Å². The first-order valence-corrected chi connectivity index (χ1v) is 11.4. The zero-order valence-electron chi connectivity index (χ0n) is 18.0. The van der Waals surface area contributed by atoms with Crippen LogP contribution in [0.3, 0.4) is 0 Å². The molecular weight excluding hydrogens is 454 g/mol. The highest BCUT2D eigenvalue weighted by molar-refractivity contribution is 7.09. The molecule has 4 rings (SSSR count). The van der Waals surface area contributed by atoms with Crippen molar-refractivity contribution in [3.05, 3.63) is 75.7 Å². The van der Waals surface area contributed by atoms with E-state index in [2.05, 4.69) is 33.7 Å². The van der Waals surface area contributed by atoms with Crippen LogP contribution in [0.1, 0.15) is 39.0 Å². The summed E-state index contributed by atoms with van der Waals surface area (Å²) in [5.74, 6) is 0.299. The molecule has 34 heavy (non-hydrogen) atoms. The summed E-state index contributed by atoms with van der Waals surface area (Å²) < 4.78 is 5.49. The molecular formula is C25H21N3O5S. The SMILES string of the molecule is C#CCC(NC(=O)c1csc(CNC(=O)OCC2c3ccccc3-c3ccccc32)n1)C(=O)O. The number of nitrogens with zero attached hydrogens (tertiary/aromatic N) is 1. The molecule has 0 fully saturated rings. The molecule has 0 aliphatic heterocycles. The Bertz CT molecular complexity index is 1230. The number of rotatable bonds is 8. The molecule has 3 N–H and O–H groups in total. The lowest BCUT2D eigenvalue weighted by Gasteiger charge is -2.14. The van der Waals surface area contributed by atoms with Crippen LogP contribution in [0, 0.1) is 12.3 Å². The molecule has 0 saturated heterocycles. The number of carboxylic acid groups (broad SMARTS) is 1. The van der Waals surface area contributed by atoms with Gasteiger partial charge in [-0.3, -0.25) is 4.79 Å². The lowest BCUT2D eigenvalue weighted by molar-refractivity contribution is -0.139. The summed E-state index contributed by atoms with van der Waals surface area (Å²) in [4.78, 5) is 39.8. The Morgan fingerprint density at radius 1 is 1.12 bits per heavy atom. The van der Waals surface area contributed by atoms with Crippen LogP contribution in [-0.2, 0) is 16.1 Å². The number of hydrogen-bond donors (Lipinski definition) is 3. The molecule has 0 saturated carbocycles. The van der Waals surface area contributed by atoms with E-state index < -0.39 is 24.0 Å². The Morgan fingerprint density at radius 3 is 2.38 bits per heavy atom. The molecule has 9 heteroatoms. The average Bonchev–Trinajstić information content (AvgIpc) is 3.44. The fraction of sp³-hybridized carbons (Fsp3) is 0.200. The predicted molar refractivity (Wildman–Crippen MR) is 126 cm³/mol. The first-order valence-electron chi connectivity index (χ1n) is 10.5. The largest absolute Gasteiger partial charge is 0.480 e. The van der Waals surface area contributed by atoms with Gasteiger partial charge in [-0.25, -0.2) is 14.6 Å². The number of thiazole rings is 1. The molecule has 2 amide bonds. The van der Waals surface area contributed by atoms with Crippen molar-refractivity contribution in [2.45, 2.75) is 24.9 Å². The van der Waals surface area contributed by atoms with E-state index in [0.717, 1.165) is 33.6 Å². The number of amides is 2. The van der Waals surface area contributed by atoms with Crippen LogP contribution in [0.4, 0.5) is 4.79 Å². The van der Waals surface area contributed by atoms with Crippen LogP contribution < -0.4 is 10.6 Å². The fourth-order valence-corrected chi connectivity index (χ4v) is 4.56. The third-order valence-corrected chi connectivity index (χ3v) is 6.29. The van der Waals surface area contributed by atoms with E-state index >= 15 is 0 Å². The van der Waals surface area contributed by atoms with Gasteiger partial charge in [-0.1, -0.05) is 48.5 Å². The molecule has 1 aromatic heterocycles. The van der Waals surface area contributed by atoms with Crippen molar-refractivity contribution < 1.29 is 24.2 Å². The second kappa shape index (κ2) is 10.2. The molecule has 1 unspecified atom stereocenters. The molecule has 172 valence electrons. The van der Waals surface area contributed by atoms with Crippen molar-refractivity contribution in [1.82, 2.24) is 15.6 Å². The van der Waals surface area contributed by atoms with E-state index in [-0.39, 0.29) is 31.2 Å². The molecule has 1 heterocycles. The van der Waals surface area contributed by atoms with Crippen LogP contribution in [0.2, 0.25) is 0 Å². The van der Waals surface area contributed by atoms with Crippen molar-refractivity contribution in [3.8, 4) is 23.5 Å². The van der Waals surface area contributed by atoms with Crippen LogP contribution in [-0.4, -0.2) is 40.7 Å². The highest BCUT2D eigenvalue weighted by Crippen LogP contribution is 2.44. The number of terminal acetylenes is 1. The minimum absolute atomic E-state index is 0.0431. The number of carboxylic acids is 1. The molecule has 2 aromatic carbocycles. The summed E-state index contributed by atoms with van der Waals surface area (Å²) in [6.45, 7) is 0.262. The number of carbonyl (C=O) groups excluding carboxylic acids is 2. The van der Waals surface area contributed by atoms with Gasteiger partial charge in [-0.15, -0.1) is 23.7 Å². The highest BCUT2D eigenvalue weighted by Gasteiger charge is 2.29. The molecule has 0 radical (unpaired) electrons. The minimum atomic E-state index is -1.22. The quantitative estimate of drug-likeness (QED) is 0.430. The summed E-state index contributed by atoms with van der Waals surface area (Å²) in [6, 6.07) is 14.9. The second-order valence-corrected chi connectivity index (χ2v) is 8.52. The van der Waals surface area contributed by atoms with Crippen LogP contribution in [0.25, 0.3) is 11.1 Å². The monoisotopic (exact) mass is 475 g/mol. The first-order chi connectivity index (χ1) is 16.5. The number of nitrogens with one attached hydrogen (secondary N) is 2. The zero-order chi connectivity index (χ0) is 24.1. The molecule has 1 aliphatic rings. The Labute approximate surface area is 200 Å². The Hall–Kier alpha value is -4.16. The fourth-order valence-electron chi connectivity index (χ4n) is 3.84. The summed E-state index contributed by atoms with van der Waals surface area (Å²) >= 11 is 1.16. The van der Waals surface area contributed by atoms with E-state index in [4.69, 9.17) is 16.3 Å². The van der Waals surface area contributed by atoms with Gasteiger partial charge in [0.05, 0.1) is 6.54 Å². The molecule has 1 aliphatic carbocycles. The predicted octanol–water partition coefficient (Wildman–Crippen LogP) is 3.39. The first kappa shape index (κ1) is 23.0. The number of alkyl carbamates (subject to hydrolysis) is 1. The van der Waals surface area contributed by atoms with E-state index in [9.17, 15) is 14.4 Å². The van der Waals surface area contributed by atoms with E-state index in [1.807, 2.05) is 36.4 Å². The highest BCUT2D eigenvalue weighted by atomic mass is 32.1. The van der Waals surface area contributed by atoms with Gasteiger partial charge < -0.3 is 20.5 Å². The number of fused-ring (bicyclic) bond motifs is 3. The van der Waals surface area contributed by atoms with Gasteiger partial charge in [0.2, 0.25) is 0 Å². The second-order valence-electron chi connectivity index (χ2n) is 7.58. The van der Waals surface area contributed by atoms with Crippen molar-refractivity contribution in [2.75, 3.05) is 6.61 Å². The van der Waals surface area contributed by atoms with Gasteiger partial charge in [0, 0.05) is 17.7 Å². The lowest BCUT2D eigenvalue weighted by Crippen LogP contribution is -2.40. The average molecular weight is 476 g/mol. The Morgan fingerprint density at radius 2 is 1.76 bits per heavy atom. The van der Waals surface area contributed by atoms with E-state index in [0.29, 0.717) is 5.01 Å². The Kier molecular flexibility index (Phi) is 6.90. The third-order valence-electron chi connectivity index (χ3n) is 5.44. The molecule has 3 aromatic rings. The van der Waals surface area contributed by atoms with Gasteiger partial charge >= 0.3 is 12.1 Å². The topological polar surface area (TPSA) is 118 Å². The van der Waals surface area contributed by atoms with E-state index in [1.165, 1.54) is 5.38 Å². The standard InChI is InChI=1S/C25H21N3O5S/c1-2-7-20(24(30)31)28-23(29)21-14-34-22(27-21)12-26-25(32)33-13-19-17-10-5-3-8-15(17)16-9-4-6-11-18(16)19/h1,3-6,8-11,14,19-20H,7,12-13H2,(H,26,32)(H,28,29)(H,30,31). The maximum Gasteiger partial charge on any atom is 0.407 e. The normalized spacial score (nSPS) is 12.7. The number of carbonyl (C=O) groups is 3. The maximum absolute atomic E-state index is 12.3. The van der Waals surface area contributed by atoms with Crippen molar-refractivity contribution in [2.24, 2.45) is 0 Å². The summed E-state index contributed by atoms with van der Waals surface area (Å²) in [6.07, 6.45) is 4.40. The van der Waals surface area contributed by atoms with Gasteiger partial charge in [0.25, 0.3) is 5.91 Å².